The molecule has 8 heteroatoms. The largest absolute Gasteiger partial charge is 0.478 e. The molecule has 0 radical (unpaired) electrons. The molecule has 26 heavy (non-hydrogen) atoms. The third-order valence-corrected chi connectivity index (χ3v) is 4.26. The molecule has 1 aromatic carbocycles. The zero-order valence-corrected chi connectivity index (χ0v) is 15.1. The lowest BCUT2D eigenvalue weighted by molar-refractivity contribution is -0.150. The van der Waals surface area contributed by atoms with Gasteiger partial charge in [0.15, 0.2) is 5.70 Å². The Morgan fingerprint density at radius 2 is 1.77 bits per heavy atom. The van der Waals surface area contributed by atoms with Gasteiger partial charge in [0.25, 0.3) is 0 Å². The smallest absolute Gasteiger partial charge is 0.355 e. The molecule has 7 nitrogen and oxygen atoms in total. The fourth-order valence-corrected chi connectivity index (χ4v) is 3.19. The SMILES string of the molecule is CC1=NC(C(=O)O)=C(C(=O)O)C(c2ccccc2Cl)C1C(=O)OC(C)C. The summed E-state index contributed by atoms with van der Waals surface area (Å²) in [5.41, 5.74) is -0.635. The molecule has 1 aliphatic rings. The average molecular weight is 380 g/mol. The van der Waals surface area contributed by atoms with Crippen molar-refractivity contribution in [2.24, 2.45) is 10.9 Å². The molecule has 0 bridgehead atoms. The highest BCUT2D eigenvalue weighted by Gasteiger charge is 2.45. The highest BCUT2D eigenvalue weighted by Crippen LogP contribution is 2.42. The highest BCUT2D eigenvalue weighted by molar-refractivity contribution is 6.31. The Labute approximate surface area is 155 Å². The first-order valence-corrected chi connectivity index (χ1v) is 8.23. The van der Waals surface area contributed by atoms with Crippen LogP contribution in [0.5, 0.6) is 0 Å². The molecule has 2 N–H and O–H groups in total. The maximum atomic E-state index is 12.6. The number of hydrogen-bond donors (Lipinski definition) is 2. The van der Waals surface area contributed by atoms with Crippen molar-refractivity contribution in [1.29, 1.82) is 0 Å². The van der Waals surface area contributed by atoms with Gasteiger partial charge in [-0.1, -0.05) is 29.8 Å². The Bertz CT molecular complexity index is 827. The van der Waals surface area contributed by atoms with Gasteiger partial charge in [0.05, 0.1) is 11.7 Å². The van der Waals surface area contributed by atoms with E-state index in [9.17, 15) is 24.6 Å². The fourth-order valence-electron chi connectivity index (χ4n) is 2.93. The minimum absolute atomic E-state index is 0.156. The van der Waals surface area contributed by atoms with Gasteiger partial charge in [-0.05, 0) is 32.4 Å². The summed E-state index contributed by atoms with van der Waals surface area (Å²) in [7, 11) is 0. The van der Waals surface area contributed by atoms with Crippen molar-refractivity contribution in [3.63, 3.8) is 0 Å². The van der Waals surface area contributed by atoms with Crippen LogP contribution in [0.4, 0.5) is 0 Å². The average Bonchev–Trinajstić information content (AvgIpc) is 2.53. The molecule has 138 valence electrons. The van der Waals surface area contributed by atoms with E-state index in [2.05, 4.69) is 4.99 Å². The van der Waals surface area contributed by atoms with E-state index in [1.54, 1.807) is 38.1 Å². The molecule has 2 unspecified atom stereocenters. The number of rotatable bonds is 5. The van der Waals surface area contributed by atoms with Gasteiger partial charge in [-0.25, -0.2) is 14.6 Å². The number of hydrogen-bond acceptors (Lipinski definition) is 5. The minimum atomic E-state index is -1.49. The summed E-state index contributed by atoms with van der Waals surface area (Å²) < 4.78 is 5.25. The quantitative estimate of drug-likeness (QED) is 0.760. The zero-order valence-electron chi connectivity index (χ0n) is 14.4. The van der Waals surface area contributed by atoms with Crippen molar-refractivity contribution >= 4 is 35.2 Å². The lowest BCUT2D eigenvalue weighted by atomic mass is 9.75. The van der Waals surface area contributed by atoms with Gasteiger partial charge < -0.3 is 14.9 Å². The topological polar surface area (TPSA) is 113 Å². The van der Waals surface area contributed by atoms with Crippen LogP contribution >= 0.6 is 11.6 Å². The summed E-state index contributed by atoms with van der Waals surface area (Å²) in [5, 5.41) is 19.3. The minimum Gasteiger partial charge on any atom is -0.478 e. The maximum absolute atomic E-state index is 12.6. The zero-order chi connectivity index (χ0) is 19.6. The van der Waals surface area contributed by atoms with Crippen LogP contribution in [0.2, 0.25) is 5.02 Å². The molecule has 0 saturated carbocycles. The number of esters is 1. The maximum Gasteiger partial charge on any atom is 0.355 e. The second-order valence-electron chi connectivity index (χ2n) is 6.09. The van der Waals surface area contributed by atoms with Gasteiger partial charge in [-0.2, -0.15) is 0 Å². The summed E-state index contributed by atoms with van der Waals surface area (Å²) in [6.07, 6.45) is -0.430. The van der Waals surface area contributed by atoms with E-state index in [0.29, 0.717) is 5.56 Å². The molecule has 2 rings (SSSR count). The number of halogens is 1. The van der Waals surface area contributed by atoms with Crippen LogP contribution < -0.4 is 0 Å². The number of carbonyl (C=O) groups excluding carboxylic acids is 1. The van der Waals surface area contributed by atoms with Crippen LogP contribution in [0.15, 0.2) is 40.5 Å². The fraction of sp³-hybridized carbons (Fsp3) is 0.333. The molecule has 0 aliphatic carbocycles. The Kier molecular flexibility index (Phi) is 5.82. The summed E-state index contributed by atoms with van der Waals surface area (Å²) >= 11 is 6.22. The number of nitrogens with zero attached hydrogens (tertiary/aromatic N) is 1. The number of carboxylic acid groups (broad SMARTS) is 2. The van der Waals surface area contributed by atoms with E-state index in [4.69, 9.17) is 16.3 Å². The van der Waals surface area contributed by atoms with Gasteiger partial charge in [-0.15, -0.1) is 0 Å². The first-order valence-electron chi connectivity index (χ1n) is 7.86. The number of carboxylic acids is 2. The standard InChI is InChI=1S/C18H18ClNO6/c1-8(2)26-18(25)12-9(3)20-15(17(23)24)14(16(21)22)13(12)10-6-4-5-7-11(10)19/h4-8,12-13H,1-3H3,(H,21,22)(H,23,24). The van der Waals surface area contributed by atoms with Crippen molar-refractivity contribution in [3.8, 4) is 0 Å². The van der Waals surface area contributed by atoms with Crippen molar-refractivity contribution in [1.82, 2.24) is 0 Å². The number of carbonyl (C=O) groups is 3. The first-order chi connectivity index (χ1) is 12.1. The number of benzene rings is 1. The van der Waals surface area contributed by atoms with Gasteiger partial charge in [0.2, 0.25) is 0 Å². The van der Waals surface area contributed by atoms with Crippen LogP contribution in [-0.2, 0) is 19.1 Å². The van der Waals surface area contributed by atoms with Crippen LogP contribution in [0.1, 0.15) is 32.3 Å². The Hall–Kier alpha value is -2.67. The summed E-state index contributed by atoms with van der Waals surface area (Å²) in [6, 6.07) is 6.39. The van der Waals surface area contributed by atoms with Gasteiger partial charge in [0.1, 0.15) is 5.92 Å². The molecule has 0 saturated heterocycles. The molecule has 0 fully saturated rings. The van der Waals surface area contributed by atoms with Gasteiger partial charge >= 0.3 is 17.9 Å². The molecule has 1 heterocycles. The second-order valence-corrected chi connectivity index (χ2v) is 6.50. The van der Waals surface area contributed by atoms with E-state index >= 15 is 0 Å². The van der Waals surface area contributed by atoms with E-state index in [1.165, 1.54) is 6.92 Å². The lowest BCUT2D eigenvalue weighted by Gasteiger charge is -2.31. The molecular weight excluding hydrogens is 362 g/mol. The third-order valence-electron chi connectivity index (χ3n) is 3.92. The van der Waals surface area contributed by atoms with E-state index < -0.39 is 47.1 Å². The number of aliphatic carboxylic acids is 2. The number of aliphatic imine (C=N–C) groups is 1. The summed E-state index contributed by atoms with van der Waals surface area (Å²) in [4.78, 5) is 40.0. The van der Waals surface area contributed by atoms with Crippen LogP contribution in [-0.4, -0.2) is 39.9 Å². The molecule has 0 aromatic heterocycles. The van der Waals surface area contributed by atoms with E-state index in [-0.39, 0.29) is 10.7 Å². The molecule has 1 aromatic rings. The van der Waals surface area contributed by atoms with Crippen molar-refractivity contribution < 1.29 is 29.3 Å². The van der Waals surface area contributed by atoms with Crippen LogP contribution in [0.3, 0.4) is 0 Å². The molecule has 0 amide bonds. The van der Waals surface area contributed by atoms with Gasteiger partial charge in [0, 0.05) is 16.7 Å². The Morgan fingerprint density at radius 3 is 2.27 bits per heavy atom. The molecule has 1 aliphatic heterocycles. The van der Waals surface area contributed by atoms with Crippen LogP contribution in [0, 0.1) is 5.92 Å². The van der Waals surface area contributed by atoms with Crippen molar-refractivity contribution in [2.45, 2.75) is 32.8 Å². The number of ether oxygens (including phenoxy) is 1. The second kappa shape index (κ2) is 7.70. The Morgan fingerprint density at radius 1 is 1.15 bits per heavy atom. The van der Waals surface area contributed by atoms with Crippen molar-refractivity contribution in [2.75, 3.05) is 0 Å². The Balaban J connectivity index is 2.75. The third kappa shape index (κ3) is 3.77. The predicted molar refractivity (Wildman–Crippen MR) is 94.3 cm³/mol. The first kappa shape index (κ1) is 19.7. The van der Waals surface area contributed by atoms with E-state index in [1.807, 2.05) is 0 Å². The molecule has 0 spiro atoms. The monoisotopic (exact) mass is 379 g/mol. The highest BCUT2D eigenvalue weighted by atomic mass is 35.5. The van der Waals surface area contributed by atoms with Crippen molar-refractivity contribution in [3.05, 3.63) is 46.1 Å². The normalized spacial score (nSPS) is 20.0. The summed E-state index contributed by atoms with van der Waals surface area (Å²) in [5.74, 6) is -5.88. The molecule has 2 atom stereocenters. The summed E-state index contributed by atoms with van der Waals surface area (Å²) in [6.45, 7) is 4.79. The van der Waals surface area contributed by atoms with Crippen LogP contribution in [0.25, 0.3) is 0 Å². The van der Waals surface area contributed by atoms with E-state index in [0.717, 1.165) is 0 Å². The van der Waals surface area contributed by atoms with Gasteiger partial charge in [-0.3, -0.25) is 4.79 Å². The predicted octanol–water partition coefficient (Wildman–Crippen LogP) is 2.89. The molecular formula is C18H18ClNO6. The lowest BCUT2D eigenvalue weighted by Crippen LogP contribution is -2.38.